The van der Waals surface area contributed by atoms with Crippen LogP contribution in [0.4, 0.5) is 22.4 Å². The maximum absolute atomic E-state index is 14.7. The van der Waals surface area contributed by atoms with E-state index in [4.69, 9.17) is 18.9 Å². The summed E-state index contributed by atoms with van der Waals surface area (Å²) < 4.78 is 107. The van der Waals surface area contributed by atoms with Crippen molar-refractivity contribution < 1.29 is 64.1 Å². The summed E-state index contributed by atoms with van der Waals surface area (Å²) in [6.45, 7) is 4.21. The number of carbonyl (C=O) groups is 4. The fourth-order valence-electron chi connectivity index (χ4n) is 7.35. The molecule has 324 valence electrons. The number of allylic oxidation sites excluding steroid dienone is 1. The van der Waals surface area contributed by atoms with Crippen LogP contribution in [0.5, 0.6) is 11.6 Å². The van der Waals surface area contributed by atoms with Crippen molar-refractivity contribution in [3.63, 3.8) is 0 Å². The number of alkyl carbamates (subject to hydrolysis) is 1. The van der Waals surface area contributed by atoms with Crippen molar-refractivity contribution >= 4 is 44.6 Å². The van der Waals surface area contributed by atoms with Gasteiger partial charge >= 0.3 is 6.09 Å². The predicted octanol–water partition coefficient (Wildman–Crippen LogP) is 4.23. The minimum Gasteiger partial charge on any atom is -0.496 e. The summed E-state index contributed by atoms with van der Waals surface area (Å²) in [4.78, 5) is 61.6. The van der Waals surface area contributed by atoms with E-state index in [1.807, 2.05) is 4.72 Å². The standard InChI is InChI=1S/C39H49F4N5O10S/c1-21-9-7-8-10-23-18-39(23,34(51)47-59(53,54)38(20-40)12-13-38)46-31(49)28-17-25(57-32-27-15-24(41)16-29(55-6)26(27)11-14-44-32)19-48(28)33(50)30(22(2)56-21)45-35(52)58-36(3,4)37(5,42)43/h8,10-11,14-16,21-23,25,28,30H,7,9,12-13,17-20H2,1-6H3,(H,45,52)(H,46,49)(H,47,51)/b10-8-/t21-,22+,23-,25-,28+,30+,39-/m1/s1. The first-order chi connectivity index (χ1) is 27.6. The number of ether oxygens (including phenoxy) is 4. The largest absolute Gasteiger partial charge is 0.496 e. The van der Waals surface area contributed by atoms with Crippen molar-refractivity contribution in [3.05, 3.63) is 42.4 Å². The Morgan fingerprint density at radius 3 is 2.49 bits per heavy atom. The van der Waals surface area contributed by atoms with E-state index >= 15 is 0 Å². The zero-order valence-electron chi connectivity index (χ0n) is 33.5. The number of sulfonamides is 1. The molecule has 2 aliphatic heterocycles. The number of pyridine rings is 1. The lowest BCUT2D eigenvalue weighted by Crippen LogP contribution is -2.61. The maximum atomic E-state index is 14.7. The summed E-state index contributed by atoms with van der Waals surface area (Å²) in [6, 6.07) is 0.846. The maximum Gasteiger partial charge on any atom is 0.408 e. The van der Waals surface area contributed by atoms with Crippen LogP contribution in [-0.2, 0) is 33.9 Å². The normalized spacial score (nSPS) is 29.2. The number of hydrogen-bond acceptors (Lipinski definition) is 11. The minimum absolute atomic E-state index is 0.0140. The first-order valence-electron chi connectivity index (χ1n) is 19.3. The second-order valence-corrected chi connectivity index (χ2v) is 18.5. The molecule has 59 heavy (non-hydrogen) atoms. The van der Waals surface area contributed by atoms with Gasteiger partial charge in [-0.05, 0) is 71.9 Å². The molecule has 4 aliphatic rings. The lowest BCUT2D eigenvalue weighted by atomic mass is 10.0. The molecule has 2 saturated carbocycles. The molecule has 0 unspecified atom stereocenters. The Morgan fingerprint density at radius 1 is 1.14 bits per heavy atom. The average molecular weight is 856 g/mol. The van der Waals surface area contributed by atoms with Crippen LogP contribution in [0.25, 0.3) is 10.8 Å². The molecule has 1 aromatic carbocycles. The van der Waals surface area contributed by atoms with Gasteiger partial charge in [-0.3, -0.25) is 19.1 Å². The second-order valence-electron chi connectivity index (χ2n) is 16.4. The number of nitrogens with one attached hydrogen (secondary N) is 3. The zero-order valence-corrected chi connectivity index (χ0v) is 34.3. The summed E-state index contributed by atoms with van der Waals surface area (Å²) in [5, 5.41) is 5.70. The Labute approximate surface area is 339 Å². The molecule has 15 nitrogen and oxygen atoms in total. The lowest BCUT2D eigenvalue weighted by Gasteiger charge is -2.35. The number of fused-ring (bicyclic) bond motifs is 3. The fourth-order valence-corrected chi connectivity index (χ4v) is 8.77. The van der Waals surface area contributed by atoms with Gasteiger partial charge in [0.1, 0.15) is 46.7 Å². The number of hydrogen-bond donors (Lipinski definition) is 3. The highest BCUT2D eigenvalue weighted by Gasteiger charge is 2.64. The molecular formula is C39H49F4N5O10S. The van der Waals surface area contributed by atoms with Gasteiger partial charge in [0.2, 0.25) is 27.7 Å². The molecule has 2 aliphatic carbocycles. The average Bonchev–Trinajstić information content (AvgIpc) is 4.06. The summed E-state index contributed by atoms with van der Waals surface area (Å²) >= 11 is 0. The Balaban J connectivity index is 1.37. The molecule has 0 spiro atoms. The highest BCUT2D eigenvalue weighted by atomic mass is 32.2. The quantitative estimate of drug-likeness (QED) is 0.229. The number of amides is 4. The van der Waals surface area contributed by atoms with Crippen LogP contribution >= 0.6 is 0 Å². The van der Waals surface area contributed by atoms with Gasteiger partial charge in [-0.25, -0.2) is 35.8 Å². The molecule has 0 bridgehead atoms. The molecule has 6 rings (SSSR count). The molecule has 4 amide bonds. The summed E-state index contributed by atoms with van der Waals surface area (Å²) in [5.41, 5.74) is -4.11. The molecule has 20 heteroatoms. The van der Waals surface area contributed by atoms with E-state index in [1.165, 1.54) is 32.4 Å². The van der Waals surface area contributed by atoms with Crippen LogP contribution in [0.15, 0.2) is 36.5 Å². The zero-order chi connectivity index (χ0) is 43.3. The Bertz CT molecular complexity index is 2130. The van der Waals surface area contributed by atoms with Gasteiger partial charge in [-0.2, -0.15) is 0 Å². The van der Waals surface area contributed by atoms with Crippen molar-refractivity contribution in [3.8, 4) is 11.6 Å². The van der Waals surface area contributed by atoms with Gasteiger partial charge in [-0.1, -0.05) is 12.2 Å². The number of benzene rings is 1. The lowest BCUT2D eigenvalue weighted by molar-refractivity contribution is -0.153. The number of halogens is 4. The highest BCUT2D eigenvalue weighted by molar-refractivity contribution is 7.91. The predicted molar refractivity (Wildman–Crippen MR) is 203 cm³/mol. The molecule has 2 aromatic rings. The van der Waals surface area contributed by atoms with Crippen LogP contribution < -0.4 is 24.8 Å². The first-order valence-corrected chi connectivity index (χ1v) is 20.8. The SMILES string of the molecule is COc1cc(F)cc2c(O[C@@H]3C[C@H]4C(=O)N[C@]5(C(=O)NS(=O)(=O)C6(CF)CC6)C[C@H]5/C=C\CC[C@@H](C)O[C@@H](C)[C@H](NC(=O)OC(C)(C)C(C)(F)F)C(=O)N4C3)nccc12. The van der Waals surface area contributed by atoms with Crippen LogP contribution in [-0.4, -0.2) is 115 Å². The molecule has 3 N–H and O–H groups in total. The number of methoxy groups -OCH3 is 1. The van der Waals surface area contributed by atoms with Gasteiger partial charge in [0.05, 0.1) is 31.2 Å². The first kappa shape index (κ1) is 43.8. The monoisotopic (exact) mass is 855 g/mol. The number of aromatic nitrogens is 1. The van der Waals surface area contributed by atoms with Gasteiger partial charge in [-0.15, -0.1) is 0 Å². The Morgan fingerprint density at radius 2 is 1.85 bits per heavy atom. The molecule has 1 saturated heterocycles. The molecular weight excluding hydrogens is 807 g/mol. The van der Waals surface area contributed by atoms with Gasteiger partial charge in [0, 0.05) is 36.9 Å². The van der Waals surface area contributed by atoms with E-state index in [0.717, 1.165) is 18.7 Å². The molecule has 1 aromatic heterocycles. The third kappa shape index (κ3) is 8.79. The Kier molecular flexibility index (Phi) is 11.9. The summed E-state index contributed by atoms with van der Waals surface area (Å²) in [5.74, 6) is -7.60. The Hall–Kier alpha value is -4.72. The van der Waals surface area contributed by atoms with Gasteiger partial charge in [0.25, 0.3) is 11.8 Å². The van der Waals surface area contributed by atoms with Gasteiger partial charge in [0.15, 0.2) is 5.60 Å². The van der Waals surface area contributed by atoms with Crippen LogP contribution in [0.2, 0.25) is 0 Å². The summed E-state index contributed by atoms with van der Waals surface area (Å²) in [6.07, 6.45) is 1.25. The molecule has 3 heterocycles. The number of carbonyl (C=O) groups excluding carboxylic acids is 4. The smallest absolute Gasteiger partial charge is 0.408 e. The molecule has 3 fully saturated rings. The second kappa shape index (κ2) is 16.0. The van der Waals surface area contributed by atoms with Crippen molar-refractivity contribution in [1.29, 1.82) is 0 Å². The van der Waals surface area contributed by atoms with Crippen molar-refractivity contribution in [2.75, 3.05) is 20.3 Å². The third-order valence-corrected chi connectivity index (χ3v) is 13.8. The summed E-state index contributed by atoms with van der Waals surface area (Å²) in [7, 11) is -3.13. The number of rotatable bonds is 10. The molecule has 0 radical (unpaired) electrons. The van der Waals surface area contributed by atoms with Crippen LogP contribution in [0, 0.1) is 11.7 Å². The van der Waals surface area contributed by atoms with Crippen molar-refractivity contribution in [1.82, 2.24) is 25.2 Å². The topological polar surface area (TPSA) is 192 Å². The van der Waals surface area contributed by atoms with Crippen molar-refractivity contribution in [2.24, 2.45) is 5.92 Å². The van der Waals surface area contributed by atoms with E-state index in [9.17, 15) is 45.2 Å². The number of nitrogens with zero attached hydrogens (tertiary/aromatic N) is 2. The third-order valence-electron chi connectivity index (χ3n) is 11.7. The van der Waals surface area contributed by atoms with Crippen LogP contribution in [0.3, 0.4) is 0 Å². The number of alkyl halides is 3. The molecule has 7 atom stereocenters. The fraction of sp³-hybridized carbons (Fsp3) is 0.615. The van der Waals surface area contributed by atoms with E-state index in [1.54, 1.807) is 25.1 Å². The van der Waals surface area contributed by atoms with Crippen LogP contribution in [0.1, 0.15) is 73.1 Å². The van der Waals surface area contributed by atoms with E-state index in [-0.39, 0.29) is 49.2 Å². The minimum atomic E-state index is -4.49. The van der Waals surface area contributed by atoms with E-state index in [2.05, 4.69) is 15.6 Å². The van der Waals surface area contributed by atoms with Gasteiger partial charge < -0.3 is 34.5 Å². The highest BCUT2D eigenvalue weighted by Crippen LogP contribution is 2.48. The van der Waals surface area contributed by atoms with E-state index in [0.29, 0.717) is 25.2 Å². The van der Waals surface area contributed by atoms with Crippen molar-refractivity contribution in [2.45, 2.75) is 125 Å². The van der Waals surface area contributed by atoms with E-state index < -0.39 is 104 Å².